The minimum absolute atomic E-state index is 0.193. The second kappa shape index (κ2) is 6.73. The maximum Gasteiger partial charge on any atom is 0.306 e. The highest BCUT2D eigenvalue weighted by Crippen LogP contribution is 2.04. The van der Waals surface area contributed by atoms with Gasteiger partial charge in [0.2, 0.25) is 5.91 Å². The molecule has 0 spiro atoms. The van der Waals surface area contributed by atoms with Crippen molar-refractivity contribution in [1.82, 2.24) is 10.7 Å². The summed E-state index contributed by atoms with van der Waals surface area (Å²) < 4.78 is 0. The predicted molar refractivity (Wildman–Crippen MR) is 63.9 cm³/mol. The molecule has 1 atom stereocenters. The third-order valence-electron chi connectivity index (χ3n) is 2.69. The summed E-state index contributed by atoms with van der Waals surface area (Å²) >= 11 is 0. The Morgan fingerprint density at radius 2 is 2.22 bits per heavy atom. The number of nitrogens with one attached hydrogen (secondary N) is 2. The van der Waals surface area contributed by atoms with Crippen LogP contribution in [0.2, 0.25) is 0 Å². The molecule has 0 bridgehead atoms. The van der Waals surface area contributed by atoms with E-state index in [4.69, 9.17) is 5.11 Å². The highest BCUT2D eigenvalue weighted by atomic mass is 16.4. The number of hydrogen-bond acceptors (Lipinski definition) is 4. The van der Waals surface area contributed by atoms with E-state index in [1.54, 1.807) is 6.92 Å². The molecule has 1 unspecified atom stereocenters. The van der Waals surface area contributed by atoms with Gasteiger partial charge in [0.1, 0.15) is 5.71 Å². The first-order valence-corrected chi connectivity index (χ1v) is 5.87. The van der Waals surface area contributed by atoms with Crippen molar-refractivity contribution in [3.05, 3.63) is 0 Å². The van der Waals surface area contributed by atoms with E-state index in [1.165, 1.54) is 0 Å². The molecule has 0 aliphatic carbocycles. The molecule has 0 aromatic carbocycles. The molecule has 0 fully saturated rings. The van der Waals surface area contributed by atoms with Crippen molar-refractivity contribution in [1.29, 1.82) is 0 Å². The van der Waals surface area contributed by atoms with E-state index in [-0.39, 0.29) is 18.2 Å². The largest absolute Gasteiger partial charge is 0.481 e. The third-order valence-corrected chi connectivity index (χ3v) is 2.69. The zero-order chi connectivity index (χ0) is 13.5. The van der Waals surface area contributed by atoms with Crippen LogP contribution in [0.5, 0.6) is 0 Å². The Balaban J connectivity index is 2.22. The maximum atomic E-state index is 11.6. The molecule has 18 heavy (non-hydrogen) atoms. The molecule has 7 heteroatoms. The summed E-state index contributed by atoms with van der Waals surface area (Å²) in [6.07, 6.45) is 1.71. The molecule has 100 valence electrons. The van der Waals surface area contributed by atoms with Crippen LogP contribution in [0.15, 0.2) is 5.10 Å². The highest BCUT2D eigenvalue weighted by Gasteiger charge is 2.17. The SMILES string of the molecule is CC(CCCNC(=O)C1=NNC(=O)CC1)C(=O)O. The summed E-state index contributed by atoms with van der Waals surface area (Å²) in [5.74, 6) is -1.74. The van der Waals surface area contributed by atoms with Crippen molar-refractivity contribution in [2.24, 2.45) is 11.0 Å². The zero-order valence-corrected chi connectivity index (χ0v) is 10.2. The molecule has 0 aromatic rings. The number of carboxylic acid groups (broad SMARTS) is 1. The van der Waals surface area contributed by atoms with Crippen molar-refractivity contribution >= 4 is 23.5 Å². The van der Waals surface area contributed by atoms with Gasteiger partial charge in [-0.25, -0.2) is 5.43 Å². The molecule has 0 saturated carbocycles. The molecule has 3 N–H and O–H groups in total. The molecular weight excluding hydrogens is 238 g/mol. The van der Waals surface area contributed by atoms with Crippen molar-refractivity contribution < 1.29 is 19.5 Å². The lowest BCUT2D eigenvalue weighted by Gasteiger charge is -2.12. The van der Waals surface area contributed by atoms with Gasteiger partial charge >= 0.3 is 5.97 Å². The van der Waals surface area contributed by atoms with Crippen molar-refractivity contribution in [3.63, 3.8) is 0 Å². The second-order valence-corrected chi connectivity index (χ2v) is 4.23. The summed E-state index contributed by atoms with van der Waals surface area (Å²) in [7, 11) is 0. The molecule has 1 aliphatic heterocycles. The molecule has 0 aromatic heterocycles. The third kappa shape index (κ3) is 4.52. The number of carbonyl (C=O) groups excluding carboxylic acids is 2. The van der Waals surface area contributed by atoms with Crippen LogP contribution in [0.25, 0.3) is 0 Å². The molecule has 0 radical (unpaired) electrons. The number of hydrazone groups is 1. The van der Waals surface area contributed by atoms with Gasteiger partial charge in [0, 0.05) is 19.4 Å². The van der Waals surface area contributed by atoms with Gasteiger partial charge in [-0.2, -0.15) is 5.10 Å². The highest BCUT2D eigenvalue weighted by molar-refractivity contribution is 6.39. The fourth-order valence-electron chi connectivity index (χ4n) is 1.47. The Kier molecular flexibility index (Phi) is 5.29. The first-order valence-electron chi connectivity index (χ1n) is 5.87. The van der Waals surface area contributed by atoms with E-state index in [9.17, 15) is 14.4 Å². The lowest BCUT2D eigenvalue weighted by atomic mass is 10.1. The van der Waals surface area contributed by atoms with Crippen molar-refractivity contribution in [2.45, 2.75) is 32.6 Å². The van der Waals surface area contributed by atoms with E-state index in [2.05, 4.69) is 15.8 Å². The quantitative estimate of drug-likeness (QED) is 0.574. The van der Waals surface area contributed by atoms with E-state index in [1.807, 2.05) is 0 Å². The number of carbonyl (C=O) groups is 3. The van der Waals surface area contributed by atoms with Gasteiger partial charge in [0.25, 0.3) is 5.91 Å². The van der Waals surface area contributed by atoms with Gasteiger partial charge in [-0.05, 0) is 12.8 Å². The Morgan fingerprint density at radius 1 is 1.50 bits per heavy atom. The van der Waals surface area contributed by atoms with Gasteiger partial charge in [-0.15, -0.1) is 0 Å². The van der Waals surface area contributed by atoms with Crippen LogP contribution in [-0.4, -0.2) is 35.1 Å². The standard InChI is InChI=1S/C11H17N3O4/c1-7(11(17)18)3-2-6-12-10(16)8-4-5-9(15)14-13-8/h7H,2-6H2,1H3,(H,12,16)(H,14,15)(H,17,18). The van der Waals surface area contributed by atoms with E-state index < -0.39 is 11.9 Å². The van der Waals surface area contributed by atoms with Crippen LogP contribution >= 0.6 is 0 Å². The summed E-state index contributed by atoms with van der Waals surface area (Å²) in [5.41, 5.74) is 2.55. The first kappa shape index (κ1) is 14.1. The topological polar surface area (TPSA) is 108 Å². The number of carboxylic acids is 1. The smallest absolute Gasteiger partial charge is 0.306 e. The summed E-state index contributed by atoms with van der Waals surface area (Å²) in [5, 5.41) is 15.0. The lowest BCUT2D eigenvalue weighted by molar-refractivity contribution is -0.141. The maximum absolute atomic E-state index is 11.6. The molecule has 0 saturated heterocycles. The molecule has 1 rings (SSSR count). The molecule has 1 aliphatic rings. The average molecular weight is 255 g/mol. The molecule has 2 amide bonds. The van der Waals surface area contributed by atoms with Crippen LogP contribution in [0.3, 0.4) is 0 Å². The fourth-order valence-corrected chi connectivity index (χ4v) is 1.47. The van der Waals surface area contributed by atoms with Crippen LogP contribution in [-0.2, 0) is 14.4 Å². The number of aliphatic carboxylic acids is 1. The minimum Gasteiger partial charge on any atom is -0.481 e. The van der Waals surface area contributed by atoms with E-state index in [0.29, 0.717) is 31.5 Å². The van der Waals surface area contributed by atoms with E-state index >= 15 is 0 Å². The van der Waals surface area contributed by atoms with E-state index in [0.717, 1.165) is 0 Å². The normalized spacial score (nSPS) is 16.5. The summed E-state index contributed by atoms with van der Waals surface area (Å²) in [6, 6.07) is 0. The van der Waals surface area contributed by atoms with Crippen molar-refractivity contribution in [3.8, 4) is 0 Å². The molecule has 1 heterocycles. The van der Waals surface area contributed by atoms with Crippen LogP contribution in [0, 0.1) is 5.92 Å². The number of hydrogen-bond donors (Lipinski definition) is 3. The minimum atomic E-state index is -0.833. The van der Waals surface area contributed by atoms with Crippen LogP contribution in [0.1, 0.15) is 32.6 Å². The lowest BCUT2D eigenvalue weighted by Crippen LogP contribution is -2.37. The molecule has 7 nitrogen and oxygen atoms in total. The van der Waals surface area contributed by atoms with Crippen LogP contribution in [0.4, 0.5) is 0 Å². The Hall–Kier alpha value is -1.92. The number of amides is 2. The van der Waals surface area contributed by atoms with Gasteiger partial charge in [-0.3, -0.25) is 14.4 Å². The second-order valence-electron chi connectivity index (χ2n) is 4.23. The first-order chi connectivity index (χ1) is 8.50. The monoisotopic (exact) mass is 255 g/mol. The number of nitrogens with zero attached hydrogens (tertiary/aromatic N) is 1. The van der Waals surface area contributed by atoms with Crippen molar-refractivity contribution in [2.75, 3.05) is 6.54 Å². The zero-order valence-electron chi connectivity index (χ0n) is 10.2. The Labute approximate surface area is 105 Å². The molecular formula is C11H17N3O4. The summed E-state index contributed by atoms with van der Waals surface area (Å²) in [6.45, 7) is 2.04. The Bertz CT molecular complexity index is 378. The van der Waals surface area contributed by atoms with Gasteiger partial charge in [0.05, 0.1) is 5.92 Å². The predicted octanol–water partition coefficient (Wildman–Crippen LogP) is -0.131. The number of rotatable bonds is 6. The van der Waals surface area contributed by atoms with Crippen LogP contribution < -0.4 is 10.7 Å². The van der Waals surface area contributed by atoms with Gasteiger partial charge < -0.3 is 10.4 Å². The Morgan fingerprint density at radius 3 is 2.78 bits per heavy atom. The summed E-state index contributed by atoms with van der Waals surface area (Å²) in [4.78, 5) is 33.0. The van der Waals surface area contributed by atoms with Gasteiger partial charge in [-0.1, -0.05) is 6.92 Å². The van der Waals surface area contributed by atoms with Gasteiger partial charge in [0.15, 0.2) is 0 Å². The average Bonchev–Trinajstić information content (AvgIpc) is 2.34. The fraction of sp³-hybridized carbons (Fsp3) is 0.636.